The van der Waals surface area contributed by atoms with Crippen molar-refractivity contribution < 1.29 is 13.2 Å². The molecule has 0 unspecified atom stereocenters. The Bertz CT molecular complexity index is 749. The number of carbonyl (C=O) groups excluding carboxylic acids is 1. The van der Waals surface area contributed by atoms with Crippen LogP contribution in [-0.2, 0) is 10.0 Å². The predicted molar refractivity (Wildman–Crippen MR) is 102 cm³/mol. The minimum absolute atomic E-state index is 0.0551. The molecule has 3 rings (SSSR count). The van der Waals surface area contributed by atoms with Crippen molar-refractivity contribution in [2.24, 2.45) is 0 Å². The average Bonchev–Trinajstić information content (AvgIpc) is 2.62. The molecule has 26 heavy (non-hydrogen) atoms. The van der Waals surface area contributed by atoms with Crippen molar-refractivity contribution in [3.05, 3.63) is 29.3 Å². The van der Waals surface area contributed by atoms with Crippen LogP contribution in [0.15, 0.2) is 23.1 Å². The molecule has 6 nitrogen and oxygen atoms in total. The Hall–Kier alpha value is -1.60. The maximum atomic E-state index is 12.9. The summed E-state index contributed by atoms with van der Waals surface area (Å²) in [4.78, 5) is 14.5. The Balaban J connectivity index is 1.59. The number of hydrogen-bond acceptors (Lipinski definition) is 3. The Kier molecular flexibility index (Phi) is 5.87. The van der Waals surface area contributed by atoms with Gasteiger partial charge in [-0.25, -0.2) is 13.2 Å². The normalized spacial score (nSPS) is 20.2. The molecule has 1 aliphatic carbocycles. The fourth-order valence-corrected chi connectivity index (χ4v) is 5.50. The lowest BCUT2D eigenvalue weighted by atomic mass is 9.96. The van der Waals surface area contributed by atoms with Crippen LogP contribution < -0.4 is 5.32 Å². The number of amides is 2. The molecule has 0 aromatic heterocycles. The monoisotopic (exact) mass is 379 g/mol. The van der Waals surface area contributed by atoms with Crippen molar-refractivity contribution in [3.8, 4) is 0 Å². The van der Waals surface area contributed by atoms with Gasteiger partial charge >= 0.3 is 6.03 Å². The van der Waals surface area contributed by atoms with E-state index in [4.69, 9.17) is 0 Å². The third-order valence-corrected chi connectivity index (χ3v) is 7.47. The first-order chi connectivity index (χ1) is 12.4. The fraction of sp³-hybridized carbons (Fsp3) is 0.632. The number of sulfonamides is 1. The first-order valence-electron chi connectivity index (χ1n) is 9.51. The number of aryl methyl sites for hydroxylation is 2. The highest BCUT2D eigenvalue weighted by molar-refractivity contribution is 7.89. The van der Waals surface area contributed by atoms with Gasteiger partial charge in [-0.1, -0.05) is 37.0 Å². The molecular weight excluding hydrogens is 350 g/mol. The van der Waals surface area contributed by atoms with Gasteiger partial charge in [-0.2, -0.15) is 4.31 Å². The average molecular weight is 380 g/mol. The van der Waals surface area contributed by atoms with Gasteiger partial charge in [-0.05, 0) is 38.3 Å². The number of nitrogens with one attached hydrogen (secondary N) is 1. The maximum absolute atomic E-state index is 12.9. The van der Waals surface area contributed by atoms with Gasteiger partial charge in [0.25, 0.3) is 0 Å². The highest BCUT2D eigenvalue weighted by Gasteiger charge is 2.31. The Morgan fingerprint density at radius 2 is 1.69 bits per heavy atom. The van der Waals surface area contributed by atoms with Gasteiger partial charge in [0, 0.05) is 32.2 Å². The standard InChI is InChI=1S/C19H29N3O3S/c1-15-8-9-18(16(2)14-15)26(24,25)22-12-10-21(11-13-22)19(23)20-17-6-4-3-5-7-17/h8-9,14,17H,3-7,10-13H2,1-2H3,(H,20,23). The van der Waals surface area contributed by atoms with E-state index in [2.05, 4.69) is 5.32 Å². The summed E-state index contributed by atoms with van der Waals surface area (Å²) in [5, 5.41) is 3.11. The molecule has 0 atom stereocenters. The molecule has 1 saturated carbocycles. The van der Waals surface area contributed by atoms with E-state index < -0.39 is 10.0 Å². The lowest BCUT2D eigenvalue weighted by Crippen LogP contribution is -2.54. The molecule has 1 heterocycles. The van der Waals surface area contributed by atoms with E-state index in [-0.39, 0.29) is 12.1 Å². The van der Waals surface area contributed by atoms with Crippen LogP contribution in [0.3, 0.4) is 0 Å². The Morgan fingerprint density at radius 1 is 1.04 bits per heavy atom. The van der Waals surface area contributed by atoms with Gasteiger partial charge in [-0.3, -0.25) is 0 Å². The summed E-state index contributed by atoms with van der Waals surface area (Å²) in [5.74, 6) is 0. The largest absolute Gasteiger partial charge is 0.335 e. The molecule has 0 bridgehead atoms. The summed E-state index contributed by atoms with van der Waals surface area (Å²) in [6, 6.07) is 5.62. The van der Waals surface area contributed by atoms with E-state index in [0.29, 0.717) is 31.1 Å². The Morgan fingerprint density at radius 3 is 2.31 bits per heavy atom. The van der Waals surface area contributed by atoms with Crippen LogP contribution in [0.1, 0.15) is 43.2 Å². The van der Waals surface area contributed by atoms with Crippen LogP contribution in [0.5, 0.6) is 0 Å². The van der Waals surface area contributed by atoms with E-state index in [1.54, 1.807) is 11.0 Å². The van der Waals surface area contributed by atoms with Crippen LogP contribution >= 0.6 is 0 Å². The summed E-state index contributed by atoms with van der Waals surface area (Å²) in [6.45, 7) is 5.33. The second-order valence-corrected chi connectivity index (χ2v) is 9.35. The lowest BCUT2D eigenvalue weighted by molar-refractivity contribution is 0.166. The van der Waals surface area contributed by atoms with Gasteiger partial charge in [0.05, 0.1) is 4.90 Å². The van der Waals surface area contributed by atoms with Crippen LogP contribution in [0.4, 0.5) is 4.79 Å². The van der Waals surface area contributed by atoms with E-state index in [1.165, 1.54) is 23.6 Å². The molecule has 1 N–H and O–H groups in total. The van der Waals surface area contributed by atoms with E-state index in [9.17, 15) is 13.2 Å². The van der Waals surface area contributed by atoms with Gasteiger partial charge < -0.3 is 10.2 Å². The number of hydrogen-bond donors (Lipinski definition) is 1. The van der Waals surface area contributed by atoms with E-state index in [0.717, 1.165) is 24.0 Å². The zero-order chi connectivity index (χ0) is 18.7. The molecule has 0 spiro atoms. The number of rotatable bonds is 3. The third-order valence-electron chi connectivity index (χ3n) is 5.41. The quantitative estimate of drug-likeness (QED) is 0.878. The second kappa shape index (κ2) is 7.96. The molecule has 7 heteroatoms. The summed E-state index contributed by atoms with van der Waals surface area (Å²) in [6.07, 6.45) is 5.70. The Labute approximate surface area is 156 Å². The minimum atomic E-state index is -3.51. The smallest absolute Gasteiger partial charge is 0.317 e. The van der Waals surface area contributed by atoms with Crippen LogP contribution in [-0.4, -0.2) is 55.9 Å². The molecular formula is C19H29N3O3S. The molecule has 2 amide bonds. The number of carbonyl (C=O) groups is 1. The first-order valence-corrected chi connectivity index (χ1v) is 10.9. The summed E-state index contributed by atoms with van der Waals surface area (Å²) >= 11 is 0. The van der Waals surface area contributed by atoms with Crippen molar-refractivity contribution in [1.29, 1.82) is 0 Å². The predicted octanol–water partition coefficient (Wildman–Crippen LogP) is 2.65. The van der Waals surface area contributed by atoms with E-state index in [1.807, 2.05) is 26.0 Å². The number of benzene rings is 1. The summed E-state index contributed by atoms with van der Waals surface area (Å²) in [5.41, 5.74) is 1.81. The molecule has 144 valence electrons. The zero-order valence-electron chi connectivity index (χ0n) is 15.7. The number of nitrogens with zero attached hydrogens (tertiary/aromatic N) is 2. The van der Waals surface area contributed by atoms with Crippen molar-refractivity contribution in [3.63, 3.8) is 0 Å². The molecule has 2 fully saturated rings. The zero-order valence-corrected chi connectivity index (χ0v) is 16.5. The van der Waals surface area contributed by atoms with Crippen LogP contribution in [0, 0.1) is 13.8 Å². The second-order valence-electron chi connectivity index (χ2n) is 7.44. The maximum Gasteiger partial charge on any atom is 0.317 e. The number of urea groups is 1. The number of piperazine rings is 1. The molecule has 1 saturated heterocycles. The van der Waals surface area contributed by atoms with Crippen LogP contribution in [0.2, 0.25) is 0 Å². The first kappa shape index (κ1) is 19.2. The lowest BCUT2D eigenvalue weighted by Gasteiger charge is -2.35. The van der Waals surface area contributed by atoms with Gasteiger partial charge in [0.15, 0.2) is 0 Å². The van der Waals surface area contributed by atoms with Gasteiger partial charge in [-0.15, -0.1) is 0 Å². The fourth-order valence-electron chi connectivity index (χ4n) is 3.87. The highest BCUT2D eigenvalue weighted by atomic mass is 32.2. The minimum Gasteiger partial charge on any atom is -0.335 e. The molecule has 1 aliphatic heterocycles. The van der Waals surface area contributed by atoms with Crippen molar-refractivity contribution >= 4 is 16.1 Å². The third kappa shape index (κ3) is 4.20. The highest BCUT2D eigenvalue weighted by Crippen LogP contribution is 2.22. The molecule has 1 aromatic carbocycles. The SMILES string of the molecule is Cc1ccc(S(=O)(=O)N2CCN(C(=O)NC3CCCCC3)CC2)c(C)c1. The topological polar surface area (TPSA) is 69.7 Å². The van der Waals surface area contributed by atoms with Crippen molar-refractivity contribution in [2.75, 3.05) is 26.2 Å². The van der Waals surface area contributed by atoms with Crippen LogP contribution in [0.25, 0.3) is 0 Å². The molecule has 0 radical (unpaired) electrons. The molecule has 1 aromatic rings. The van der Waals surface area contributed by atoms with E-state index >= 15 is 0 Å². The summed E-state index contributed by atoms with van der Waals surface area (Å²) < 4.78 is 27.3. The molecule has 2 aliphatic rings. The van der Waals surface area contributed by atoms with Crippen molar-refractivity contribution in [1.82, 2.24) is 14.5 Å². The van der Waals surface area contributed by atoms with Gasteiger partial charge in [0.1, 0.15) is 0 Å². The van der Waals surface area contributed by atoms with Gasteiger partial charge in [0.2, 0.25) is 10.0 Å². The van der Waals surface area contributed by atoms with Crippen molar-refractivity contribution in [2.45, 2.75) is 56.9 Å². The summed E-state index contributed by atoms with van der Waals surface area (Å²) in [7, 11) is -3.51.